The van der Waals surface area contributed by atoms with Crippen LogP contribution in [-0.2, 0) is 10.1 Å². The van der Waals surface area contributed by atoms with Gasteiger partial charge >= 0.3 is 15.6 Å². The molecular weight excluding hydrogens is 690 g/mol. The summed E-state index contributed by atoms with van der Waals surface area (Å²) in [5.41, 5.74) is 0.900. The Hall–Kier alpha value is -5.26. The molecule has 14 heteroatoms. The van der Waals surface area contributed by atoms with E-state index in [0.717, 1.165) is 38.9 Å². The second kappa shape index (κ2) is 13.9. The molecule has 0 amide bonds. The molecule has 0 radical (unpaired) electrons. The fourth-order valence-electron chi connectivity index (χ4n) is 5.14. The average Bonchev–Trinajstić information content (AvgIpc) is 3.08. The molecule has 9 nitrogen and oxygen atoms in total. The van der Waals surface area contributed by atoms with E-state index in [1.54, 1.807) is 20.3 Å². The number of fused-ring (bicyclic) bond motifs is 4. The second-order valence-corrected chi connectivity index (χ2v) is 18.1. The first-order valence-electron chi connectivity index (χ1n) is 15.0. The first kappa shape index (κ1) is 36.0. The summed E-state index contributed by atoms with van der Waals surface area (Å²) in [6, 6.07) is 20.9. The molecule has 0 unspecified atom stereocenters. The summed E-state index contributed by atoms with van der Waals surface area (Å²) in [5.74, 6) is 4.71. The van der Waals surface area contributed by atoms with E-state index in [4.69, 9.17) is 23.9 Å². The van der Waals surface area contributed by atoms with E-state index in [1.807, 2.05) is 30.3 Å². The lowest BCUT2D eigenvalue weighted by Crippen LogP contribution is -2.28. The van der Waals surface area contributed by atoms with Gasteiger partial charge in [-0.25, -0.2) is 9.97 Å². The third-order valence-corrected chi connectivity index (χ3v) is 9.22. The monoisotopic (exact) mass is 722 g/mol. The van der Waals surface area contributed by atoms with Crippen LogP contribution >= 0.6 is 0 Å². The first-order chi connectivity index (χ1) is 23.6. The van der Waals surface area contributed by atoms with Gasteiger partial charge in [-0.05, 0) is 42.5 Å². The van der Waals surface area contributed by atoms with E-state index in [9.17, 15) is 21.6 Å². The number of hydrogen-bond acceptors (Lipinski definition) is 9. The number of hydrogen-bond donors (Lipinski definition) is 0. The molecule has 4 aromatic carbocycles. The summed E-state index contributed by atoms with van der Waals surface area (Å²) in [5, 5.41) is 2.00. The highest BCUT2D eigenvalue weighted by Gasteiger charge is 2.49. The molecule has 6 aromatic rings. The van der Waals surface area contributed by atoms with Crippen LogP contribution in [0.3, 0.4) is 0 Å². The average molecular weight is 723 g/mol. The van der Waals surface area contributed by atoms with Gasteiger partial charge < -0.3 is 23.1 Å². The number of para-hydroxylation sites is 2. The summed E-state index contributed by atoms with van der Waals surface area (Å²) in [6.45, 7) is 6.72. The van der Waals surface area contributed by atoms with Crippen molar-refractivity contribution in [1.29, 1.82) is 0 Å². The maximum atomic E-state index is 12.9. The number of ether oxygens (including phenoxy) is 4. The maximum absolute atomic E-state index is 12.9. The molecule has 0 atom stereocenters. The predicted molar refractivity (Wildman–Crippen MR) is 191 cm³/mol. The molecule has 0 aliphatic rings. The number of pyridine rings is 2. The fraction of sp³-hybridized carbons (Fsp3) is 0.222. The molecule has 0 spiro atoms. The Labute approximate surface area is 288 Å². The Morgan fingerprint density at radius 2 is 1.08 bits per heavy atom. The van der Waals surface area contributed by atoms with E-state index in [1.165, 1.54) is 44.6 Å². The van der Waals surface area contributed by atoms with E-state index in [-0.39, 0.29) is 33.3 Å². The fourth-order valence-corrected chi connectivity index (χ4v) is 6.13. The van der Waals surface area contributed by atoms with Crippen LogP contribution < -0.4 is 23.1 Å². The maximum Gasteiger partial charge on any atom is 0.534 e. The van der Waals surface area contributed by atoms with E-state index >= 15 is 0 Å². The molecule has 0 saturated carbocycles. The van der Waals surface area contributed by atoms with Crippen LogP contribution in [0.4, 0.5) is 13.2 Å². The number of halogens is 3. The van der Waals surface area contributed by atoms with Crippen molar-refractivity contribution in [1.82, 2.24) is 9.97 Å². The molecule has 0 aliphatic heterocycles. The van der Waals surface area contributed by atoms with Gasteiger partial charge in [0.1, 0.15) is 42.1 Å². The van der Waals surface area contributed by atoms with Gasteiger partial charge in [-0.3, -0.25) is 0 Å². The summed E-state index contributed by atoms with van der Waals surface area (Å²) in [4.78, 5) is 9.15. The lowest BCUT2D eigenvalue weighted by Gasteiger charge is -2.16. The van der Waals surface area contributed by atoms with Gasteiger partial charge in [0.25, 0.3) is 0 Å². The highest BCUT2D eigenvalue weighted by atomic mass is 32.2. The van der Waals surface area contributed by atoms with Crippen molar-refractivity contribution in [3.8, 4) is 40.2 Å². The number of rotatable bonds is 6. The Balaban J connectivity index is 0.000000195. The highest BCUT2D eigenvalue weighted by molar-refractivity contribution is 7.88. The van der Waals surface area contributed by atoms with Crippen LogP contribution in [0.2, 0.25) is 19.6 Å². The van der Waals surface area contributed by atoms with Crippen LogP contribution in [0, 0.1) is 11.5 Å². The van der Waals surface area contributed by atoms with Crippen molar-refractivity contribution in [3.05, 3.63) is 78.4 Å². The van der Waals surface area contributed by atoms with Crippen molar-refractivity contribution in [2.45, 2.75) is 25.1 Å². The van der Waals surface area contributed by atoms with Gasteiger partial charge in [-0.15, -0.1) is 5.54 Å². The van der Waals surface area contributed by atoms with Crippen LogP contribution in [0.25, 0.3) is 43.6 Å². The van der Waals surface area contributed by atoms with Crippen LogP contribution in [0.5, 0.6) is 28.7 Å². The summed E-state index contributed by atoms with van der Waals surface area (Å²) >= 11 is 0. The third kappa shape index (κ3) is 7.05. The lowest BCUT2D eigenvalue weighted by molar-refractivity contribution is -0.0499. The molecule has 0 aliphatic carbocycles. The number of methoxy groups -OCH3 is 4. The van der Waals surface area contributed by atoms with Gasteiger partial charge in [-0.1, -0.05) is 55.9 Å². The minimum atomic E-state index is -5.90. The van der Waals surface area contributed by atoms with Crippen LogP contribution in [0.15, 0.2) is 72.8 Å². The van der Waals surface area contributed by atoms with Gasteiger partial charge in [0, 0.05) is 16.3 Å². The van der Waals surface area contributed by atoms with Gasteiger partial charge in [-0.2, -0.15) is 21.6 Å². The molecule has 260 valence electrons. The molecule has 0 N–H and O–H groups in total. The highest BCUT2D eigenvalue weighted by Crippen LogP contribution is 2.44. The van der Waals surface area contributed by atoms with Crippen molar-refractivity contribution in [3.63, 3.8) is 0 Å². The summed E-state index contributed by atoms with van der Waals surface area (Å²) in [7, 11) is -1.45. The smallest absolute Gasteiger partial charge is 0.496 e. The van der Waals surface area contributed by atoms with E-state index in [0.29, 0.717) is 0 Å². The Kier molecular flexibility index (Phi) is 10.0. The van der Waals surface area contributed by atoms with Crippen molar-refractivity contribution in [2.24, 2.45) is 0 Å². The number of benzene rings is 4. The molecule has 50 heavy (non-hydrogen) atoms. The molecule has 0 saturated heterocycles. The largest absolute Gasteiger partial charge is 0.534 e. The normalized spacial score (nSPS) is 11.8. The Morgan fingerprint density at radius 1 is 0.640 bits per heavy atom. The van der Waals surface area contributed by atoms with E-state index in [2.05, 4.69) is 46.3 Å². The van der Waals surface area contributed by atoms with Crippen LogP contribution in [0.1, 0.15) is 5.56 Å². The zero-order valence-corrected chi connectivity index (χ0v) is 30.0. The molecule has 0 bridgehead atoms. The molecule has 0 fully saturated rings. The standard InChI is InChI=1S/C20H21NO2Si.C16H12F3NO5S/c1-22-17-10-11-18(23-2)20-19(17)15(12-13-24(3,4)5)14-8-6-7-9-16(14)21-20;1-23-11-7-8-12(24-2)14-13(11)15(25-26(21,22)16(17,18)19)9-5-3-4-6-10(9)20-14/h6-11H,1-5H3;3-8H,1-2H3. The Bertz CT molecular complexity index is 2420. The minimum Gasteiger partial charge on any atom is -0.496 e. The molecular formula is C36H33F3N2O7SSi. The zero-order valence-electron chi connectivity index (χ0n) is 28.2. The second-order valence-electron chi connectivity index (χ2n) is 11.8. The van der Waals surface area contributed by atoms with Crippen molar-refractivity contribution < 1.29 is 44.7 Å². The SMILES string of the molecule is COc1ccc(OC)c2c(C#C[Si](C)(C)C)c3ccccc3nc12.COc1ccc(OC)c2c(OS(=O)(=O)C(F)(F)F)c3ccccc3nc12. The van der Waals surface area contributed by atoms with Gasteiger partial charge in [0.15, 0.2) is 5.75 Å². The zero-order chi connectivity index (χ0) is 36.4. The molecule has 6 rings (SSSR count). The first-order valence-corrected chi connectivity index (χ1v) is 20.0. The summed E-state index contributed by atoms with van der Waals surface area (Å²) in [6.07, 6.45) is 0. The van der Waals surface area contributed by atoms with Crippen LogP contribution in [-0.4, -0.2) is 60.4 Å². The van der Waals surface area contributed by atoms with Gasteiger partial charge in [0.05, 0.1) is 50.2 Å². The van der Waals surface area contributed by atoms with E-state index < -0.39 is 29.4 Å². The lowest BCUT2D eigenvalue weighted by atomic mass is 10.0. The molecule has 2 heterocycles. The van der Waals surface area contributed by atoms with Gasteiger partial charge in [0.2, 0.25) is 0 Å². The quantitative estimate of drug-likeness (QED) is 0.0552. The Morgan fingerprint density at radius 3 is 1.58 bits per heavy atom. The number of nitrogens with zero attached hydrogens (tertiary/aromatic N) is 2. The van der Waals surface area contributed by atoms with Crippen molar-refractivity contribution in [2.75, 3.05) is 28.4 Å². The number of aromatic nitrogens is 2. The third-order valence-electron chi connectivity index (χ3n) is 7.39. The molecule has 2 aromatic heterocycles. The predicted octanol–water partition coefficient (Wildman–Crippen LogP) is 8.27. The minimum absolute atomic E-state index is 0.0432. The van der Waals surface area contributed by atoms with Crippen molar-refractivity contribution >= 4 is 61.8 Å². The topological polar surface area (TPSA) is 106 Å². The summed E-state index contributed by atoms with van der Waals surface area (Å²) < 4.78 is 87.8. The number of alkyl halides is 3.